The van der Waals surface area contributed by atoms with Crippen molar-refractivity contribution in [3.05, 3.63) is 64.5 Å². The topological polar surface area (TPSA) is 67.9 Å². The number of ether oxygens (including phenoxy) is 1. The van der Waals surface area contributed by atoms with Crippen LogP contribution in [0.15, 0.2) is 59.0 Å². The number of aromatic nitrogens is 3. The van der Waals surface area contributed by atoms with Gasteiger partial charge in [0.05, 0.1) is 29.5 Å². The van der Waals surface area contributed by atoms with Crippen molar-refractivity contribution >= 4 is 43.1 Å². The molecule has 4 aromatic heterocycles. The lowest BCUT2D eigenvalue weighted by atomic mass is 10.0. The van der Waals surface area contributed by atoms with E-state index in [1.165, 1.54) is 17.7 Å². The van der Waals surface area contributed by atoms with Gasteiger partial charge in [0.15, 0.2) is 0 Å². The van der Waals surface area contributed by atoms with Gasteiger partial charge in [-0.25, -0.2) is 9.97 Å². The lowest BCUT2D eigenvalue weighted by Crippen LogP contribution is -2.03. The second-order valence-corrected chi connectivity index (χ2v) is 7.90. The molecule has 0 fully saturated rings. The minimum absolute atomic E-state index is 0.138. The molecule has 0 radical (unpaired) electrons. The first-order valence-corrected chi connectivity index (χ1v) is 9.93. The fourth-order valence-corrected chi connectivity index (χ4v) is 4.87. The summed E-state index contributed by atoms with van der Waals surface area (Å²) < 4.78 is 5.88. The molecule has 27 heavy (non-hydrogen) atoms. The first-order chi connectivity index (χ1) is 13.2. The lowest BCUT2D eigenvalue weighted by Gasteiger charge is -2.08. The zero-order chi connectivity index (χ0) is 18.4. The molecule has 1 aromatic carbocycles. The first-order valence-electron chi connectivity index (χ1n) is 8.24. The van der Waals surface area contributed by atoms with Gasteiger partial charge in [0, 0.05) is 5.39 Å². The molecule has 0 aliphatic heterocycles. The number of nitrogens with one attached hydrogen (secondary N) is 1. The van der Waals surface area contributed by atoms with Gasteiger partial charge in [0.2, 0.25) is 0 Å². The number of methoxy groups -OCH3 is 1. The van der Waals surface area contributed by atoms with Crippen molar-refractivity contribution in [1.29, 1.82) is 0 Å². The Kier molecular flexibility index (Phi) is 3.77. The maximum atomic E-state index is 12.3. The highest BCUT2D eigenvalue weighted by molar-refractivity contribution is 7.25. The molecule has 0 spiro atoms. The van der Waals surface area contributed by atoms with E-state index in [0.717, 1.165) is 37.7 Å². The van der Waals surface area contributed by atoms with Gasteiger partial charge in [0.25, 0.3) is 5.56 Å². The van der Waals surface area contributed by atoms with Crippen molar-refractivity contribution in [3.8, 4) is 27.4 Å². The quantitative estimate of drug-likeness (QED) is 0.473. The third-order valence-electron chi connectivity index (χ3n) is 4.41. The van der Waals surface area contributed by atoms with Crippen LogP contribution in [-0.2, 0) is 0 Å². The normalized spacial score (nSPS) is 11.3. The fraction of sp³-hybridized carbons (Fsp3) is 0.0500. The van der Waals surface area contributed by atoms with Gasteiger partial charge in [-0.1, -0.05) is 18.2 Å². The third kappa shape index (κ3) is 2.63. The highest BCUT2D eigenvalue weighted by Crippen LogP contribution is 2.40. The third-order valence-corrected chi connectivity index (χ3v) is 6.37. The van der Waals surface area contributed by atoms with Crippen molar-refractivity contribution in [1.82, 2.24) is 15.0 Å². The lowest BCUT2D eigenvalue weighted by molar-refractivity contribution is 0.415. The summed E-state index contributed by atoms with van der Waals surface area (Å²) in [7, 11) is 1.65. The minimum Gasteiger partial charge on any atom is -0.497 e. The van der Waals surface area contributed by atoms with Crippen LogP contribution in [0.5, 0.6) is 5.75 Å². The Morgan fingerprint density at radius 3 is 2.74 bits per heavy atom. The summed E-state index contributed by atoms with van der Waals surface area (Å²) in [5.41, 5.74) is 3.49. The van der Waals surface area contributed by atoms with E-state index in [4.69, 9.17) is 9.72 Å². The largest absolute Gasteiger partial charge is 0.497 e. The summed E-state index contributed by atoms with van der Waals surface area (Å²) in [4.78, 5) is 26.1. The monoisotopic (exact) mass is 391 g/mol. The highest BCUT2D eigenvalue weighted by Gasteiger charge is 2.17. The van der Waals surface area contributed by atoms with Crippen LogP contribution in [0.25, 0.3) is 42.1 Å². The Labute approximate surface area is 161 Å². The number of hydrogen-bond donors (Lipinski definition) is 1. The molecule has 0 amide bonds. The number of hydrogen-bond acceptors (Lipinski definition) is 6. The van der Waals surface area contributed by atoms with Gasteiger partial charge in [-0.15, -0.1) is 22.7 Å². The van der Waals surface area contributed by atoms with Crippen molar-refractivity contribution in [2.75, 3.05) is 7.11 Å². The average Bonchev–Trinajstić information content (AvgIpc) is 3.36. The number of H-pyrrole nitrogens is 1. The summed E-state index contributed by atoms with van der Waals surface area (Å²) >= 11 is 3.02. The molecular formula is C20H13N3O2S2. The molecule has 0 saturated carbocycles. The molecule has 132 valence electrons. The van der Waals surface area contributed by atoms with E-state index in [2.05, 4.69) is 22.1 Å². The number of rotatable bonds is 3. The molecular weight excluding hydrogens is 378 g/mol. The SMILES string of the molecule is COc1ccc(-c2cc(-c3cccs3)nc3sc4c(=O)[nH]cnc4c23)cc1. The van der Waals surface area contributed by atoms with Crippen LogP contribution in [-0.4, -0.2) is 22.1 Å². The van der Waals surface area contributed by atoms with Crippen LogP contribution in [0.2, 0.25) is 0 Å². The molecule has 0 bridgehead atoms. The Hall–Kier alpha value is -3.03. The summed E-state index contributed by atoms with van der Waals surface area (Å²) in [6.45, 7) is 0. The van der Waals surface area contributed by atoms with Crippen molar-refractivity contribution in [2.24, 2.45) is 0 Å². The van der Waals surface area contributed by atoms with E-state index in [1.54, 1.807) is 18.4 Å². The summed E-state index contributed by atoms with van der Waals surface area (Å²) in [6, 6.07) is 14.0. The maximum absolute atomic E-state index is 12.3. The van der Waals surface area contributed by atoms with E-state index in [0.29, 0.717) is 10.2 Å². The predicted molar refractivity (Wildman–Crippen MR) is 111 cm³/mol. The zero-order valence-corrected chi connectivity index (χ0v) is 15.9. The summed E-state index contributed by atoms with van der Waals surface area (Å²) in [5, 5.41) is 2.94. The van der Waals surface area contributed by atoms with Gasteiger partial charge < -0.3 is 9.72 Å². The van der Waals surface area contributed by atoms with Gasteiger partial charge >= 0.3 is 0 Å². The van der Waals surface area contributed by atoms with Gasteiger partial charge in [-0.05, 0) is 40.8 Å². The molecule has 5 aromatic rings. The Bertz CT molecular complexity index is 1320. The second kappa shape index (κ2) is 6.29. The Morgan fingerprint density at radius 1 is 1.15 bits per heavy atom. The van der Waals surface area contributed by atoms with Crippen LogP contribution < -0.4 is 10.3 Å². The van der Waals surface area contributed by atoms with E-state index in [9.17, 15) is 4.79 Å². The summed E-state index contributed by atoms with van der Waals surface area (Å²) in [5.74, 6) is 0.798. The molecule has 5 rings (SSSR count). The van der Waals surface area contributed by atoms with E-state index < -0.39 is 0 Å². The number of nitrogens with zero attached hydrogens (tertiary/aromatic N) is 2. The van der Waals surface area contributed by atoms with E-state index >= 15 is 0 Å². The fourth-order valence-electron chi connectivity index (χ4n) is 3.13. The molecule has 0 unspecified atom stereocenters. The molecule has 4 heterocycles. The average molecular weight is 391 g/mol. The van der Waals surface area contributed by atoms with Crippen LogP contribution in [0.3, 0.4) is 0 Å². The first kappa shape index (κ1) is 16.2. The molecule has 0 saturated heterocycles. The number of fused-ring (bicyclic) bond motifs is 3. The van der Waals surface area contributed by atoms with Crippen molar-refractivity contribution in [2.45, 2.75) is 0 Å². The van der Waals surface area contributed by atoms with E-state index in [-0.39, 0.29) is 5.56 Å². The van der Waals surface area contributed by atoms with Crippen LogP contribution >= 0.6 is 22.7 Å². The second-order valence-electron chi connectivity index (χ2n) is 5.95. The number of aromatic amines is 1. The zero-order valence-electron chi connectivity index (χ0n) is 14.2. The standard InChI is InChI=1S/C20H13N3O2S2/c1-25-12-6-4-11(5-7-12)13-9-14(15-3-2-8-26-15)23-20-16(13)17-18(27-20)19(24)22-10-21-17/h2-10H,1H3,(H,21,22,24). The van der Waals surface area contributed by atoms with Crippen LogP contribution in [0.1, 0.15) is 0 Å². The predicted octanol–water partition coefficient (Wildman–Crippen LogP) is 4.94. The highest BCUT2D eigenvalue weighted by atomic mass is 32.1. The van der Waals surface area contributed by atoms with Gasteiger partial charge in [-0.2, -0.15) is 0 Å². The van der Waals surface area contributed by atoms with Gasteiger partial charge in [0.1, 0.15) is 15.3 Å². The molecule has 5 nitrogen and oxygen atoms in total. The molecule has 0 atom stereocenters. The molecule has 0 aliphatic rings. The Morgan fingerprint density at radius 2 is 2.00 bits per heavy atom. The van der Waals surface area contributed by atoms with Crippen LogP contribution in [0, 0.1) is 0 Å². The molecule has 1 N–H and O–H groups in total. The Balaban J connectivity index is 1.88. The maximum Gasteiger partial charge on any atom is 0.268 e. The molecule has 0 aliphatic carbocycles. The van der Waals surface area contributed by atoms with Gasteiger partial charge in [-0.3, -0.25) is 4.79 Å². The number of pyridine rings is 1. The number of thiophene rings is 2. The smallest absolute Gasteiger partial charge is 0.268 e. The van der Waals surface area contributed by atoms with Crippen molar-refractivity contribution < 1.29 is 4.74 Å². The van der Waals surface area contributed by atoms with Crippen LogP contribution in [0.4, 0.5) is 0 Å². The number of benzene rings is 1. The van der Waals surface area contributed by atoms with Crippen molar-refractivity contribution in [3.63, 3.8) is 0 Å². The van der Waals surface area contributed by atoms with E-state index in [1.807, 2.05) is 35.7 Å². The summed E-state index contributed by atoms with van der Waals surface area (Å²) in [6.07, 6.45) is 1.45. The molecule has 7 heteroatoms. The minimum atomic E-state index is -0.138.